The number of aromatic amines is 2. The molecule has 0 fully saturated rings. The second-order valence-electron chi connectivity index (χ2n) is 9.73. The lowest BCUT2D eigenvalue weighted by Gasteiger charge is -2.05. The van der Waals surface area contributed by atoms with E-state index < -0.39 is 0 Å². The summed E-state index contributed by atoms with van der Waals surface area (Å²) in [6.07, 6.45) is 8.79. The van der Waals surface area contributed by atoms with Crippen molar-refractivity contribution in [1.82, 2.24) is 19.9 Å². The van der Waals surface area contributed by atoms with Crippen LogP contribution in [0.15, 0.2) is 97.6 Å². The van der Waals surface area contributed by atoms with Gasteiger partial charge in [-0.1, -0.05) is 67.2 Å². The van der Waals surface area contributed by atoms with E-state index in [0.717, 1.165) is 67.7 Å². The Labute approximate surface area is 230 Å². The zero-order chi connectivity index (χ0) is 27.1. The second-order valence-corrected chi connectivity index (χ2v) is 9.73. The van der Waals surface area contributed by atoms with Crippen molar-refractivity contribution in [3.05, 3.63) is 126 Å². The quantitative estimate of drug-likeness (QED) is 0.183. The first-order chi connectivity index (χ1) is 19.7. The highest BCUT2D eigenvalue weighted by Gasteiger charge is 2.16. The lowest BCUT2D eigenvalue weighted by Crippen LogP contribution is -1.91. The average Bonchev–Trinajstić information content (AvgIpc) is 3.81. The highest BCUT2D eigenvalue weighted by atomic mass is 16.1. The van der Waals surface area contributed by atoms with Crippen molar-refractivity contribution in [2.45, 2.75) is 0 Å². The van der Waals surface area contributed by atoms with Crippen LogP contribution >= 0.6 is 0 Å². The number of hydrogen-bond acceptors (Lipinski definition) is 3. The Morgan fingerprint density at radius 2 is 1.20 bits per heavy atom. The smallest absolute Gasteiger partial charge is 0.150 e. The van der Waals surface area contributed by atoms with Crippen molar-refractivity contribution >= 4 is 58.2 Å². The summed E-state index contributed by atoms with van der Waals surface area (Å²) >= 11 is 0. The molecule has 0 aliphatic carbocycles. The van der Waals surface area contributed by atoms with Gasteiger partial charge in [0.1, 0.15) is 6.29 Å². The monoisotopic (exact) mass is 516 g/mol. The van der Waals surface area contributed by atoms with E-state index in [-0.39, 0.29) is 0 Å². The number of benzene rings is 2. The molecule has 0 atom stereocenters. The van der Waals surface area contributed by atoms with Crippen LogP contribution < -0.4 is 0 Å². The molecular formula is C35H24N4O. The average molecular weight is 517 g/mol. The number of fused-ring (bicyclic) bond motifs is 8. The van der Waals surface area contributed by atoms with Crippen molar-refractivity contribution in [2.24, 2.45) is 0 Å². The Hall–Kier alpha value is -5.55. The van der Waals surface area contributed by atoms with Gasteiger partial charge in [0.2, 0.25) is 0 Å². The summed E-state index contributed by atoms with van der Waals surface area (Å²) in [4.78, 5) is 29.2. The third-order valence-corrected chi connectivity index (χ3v) is 7.16. The molecule has 0 unspecified atom stereocenters. The highest BCUT2D eigenvalue weighted by molar-refractivity contribution is 6.11. The second kappa shape index (κ2) is 9.64. The molecule has 2 aliphatic heterocycles. The van der Waals surface area contributed by atoms with Gasteiger partial charge in [0, 0.05) is 44.3 Å². The molecule has 7 rings (SSSR count). The van der Waals surface area contributed by atoms with E-state index in [4.69, 9.17) is 9.97 Å². The molecule has 5 heterocycles. The van der Waals surface area contributed by atoms with Crippen LogP contribution in [0.25, 0.3) is 74.2 Å². The van der Waals surface area contributed by atoms with E-state index in [9.17, 15) is 4.79 Å². The van der Waals surface area contributed by atoms with Gasteiger partial charge in [-0.05, 0) is 65.8 Å². The van der Waals surface area contributed by atoms with Gasteiger partial charge in [0.15, 0.2) is 0 Å². The summed E-state index contributed by atoms with van der Waals surface area (Å²) in [5.74, 6) is 0. The molecule has 8 bridgehead atoms. The number of rotatable bonds is 4. The van der Waals surface area contributed by atoms with E-state index in [1.165, 1.54) is 0 Å². The number of hydrogen-bond donors (Lipinski definition) is 2. The Balaban J connectivity index is 1.65. The molecular weight excluding hydrogens is 492 g/mol. The van der Waals surface area contributed by atoms with E-state index >= 15 is 0 Å². The van der Waals surface area contributed by atoms with Gasteiger partial charge in [0.05, 0.1) is 22.8 Å². The van der Waals surface area contributed by atoms with Crippen LogP contribution in [-0.4, -0.2) is 26.2 Å². The van der Waals surface area contributed by atoms with E-state index in [0.29, 0.717) is 16.8 Å². The van der Waals surface area contributed by atoms with Gasteiger partial charge in [0.25, 0.3) is 0 Å². The van der Waals surface area contributed by atoms with Crippen molar-refractivity contribution in [2.75, 3.05) is 0 Å². The predicted molar refractivity (Wildman–Crippen MR) is 165 cm³/mol. The molecule has 0 saturated carbocycles. The SMILES string of the molecule is C=C(C=O)c1c2nc(c(-c3ccccc3)c3ccc(cc4nc(c(-c5ccccc5)c5ccc1[nH]5)C=C4)[nH]3)C=C2. The lowest BCUT2D eigenvalue weighted by atomic mass is 10.0. The van der Waals surface area contributed by atoms with Crippen molar-refractivity contribution in [3.8, 4) is 22.3 Å². The van der Waals surface area contributed by atoms with Gasteiger partial charge >= 0.3 is 0 Å². The molecule has 40 heavy (non-hydrogen) atoms. The van der Waals surface area contributed by atoms with Crippen LogP contribution in [0, 0.1) is 0 Å². The molecule has 190 valence electrons. The first-order valence-corrected chi connectivity index (χ1v) is 13.1. The number of aromatic nitrogens is 4. The predicted octanol–water partition coefficient (Wildman–Crippen LogP) is 8.20. The molecule has 5 nitrogen and oxygen atoms in total. The maximum atomic E-state index is 12.0. The van der Waals surface area contributed by atoms with Gasteiger partial charge in [-0.2, -0.15) is 0 Å². The minimum Gasteiger partial charge on any atom is -0.355 e. The topological polar surface area (TPSA) is 74.4 Å². The van der Waals surface area contributed by atoms with Crippen molar-refractivity contribution in [3.63, 3.8) is 0 Å². The Morgan fingerprint density at radius 1 is 0.625 bits per heavy atom. The number of carbonyl (C=O) groups is 1. The third kappa shape index (κ3) is 4.10. The number of carbonyl (C=O) groups excluding carboxylic acids is 1. The summed E-state index contributed by atoms with van der Waals surface area (Å²) in [5.41, 5.74) is 11.7. The standard InChI is InChI=1S/C35H24N4O/c1-22(21-40)33-27-16-18-31(38-27)34(23-8-4-2-5-9-23)29-14-12-25(36-29)20-26-13-15-30(37-26)35(24-10-6-3-7-11-24)32-19-17-28(33)39-32/h2-21,36,39H,1H2. The summed E-state index contributed by atoms with van der Waals surface area (Å²) < 4.78 is 0. The Kier molecular flexibility index (Phi) is 5.68. The van der Waals surface area contributed by atoms with Crippen LogP contribution in [0.4, 0.5) is 0 Å². The maximum absolute atomic E-state index is 12.0. The van der Waals surface area contributed by atoms with Gasteiger partial charge in [-0.3, -0.25) is 4.79 Å². The fourth-order valence-corrected chi connectivity index (χ4v) is 5.35. The zero-order valence-electron chi connectivity index (χ0n) is 21.6. The van der Waals surface area contributed by atoms with Crippen LogP contribution in [0.2, 0.25) is 0 Å². The fraction of sp³-hybridized carbons (Fsp3) is 0. The molecule has 0 amide bonds. The van der Waals surface area contributed by atoms with Crippen molar-refractivity contribution < 1.29 is 4.79 Å². The summed E-state index contributed by atoms with van der Waals surface area (Å²) in [7, 11) is 0. The summed E-state index contributed by atoms with van der Waals surface area (Å²) in [6.45, 7) is 4.07. The molecule has 2 aliphatic rings. The summed E-state index contributed by atoms with van der Waals surface area (Å²) in [5, 5.41) is 0. The molecule has 5 aromatic rings. The highest BCUT2D eigenvalue weighted by Crippen LogP contribution is 2.34. The molecule has 0 radical (unpaired) electrons. The van der Waals surface area contributed by atoms with E-state index in [2.05, 4.69) is 52.9 Å². The van der Waals surface area contributed by atoms with Crippen LogP contribution in [-0.2, 0) is 4.79 Å². The van der Waals surface area contributed by atoms with Crippen LogP contribution in [0.1, 0.15) is 28.3 Å². The Bertz CT molecular complexity index is 1990. The lowest BCUT2D eigenvalue weighted by molar-refractivity contribution is -0.103. The third-order valence-electron chi connectivity index (χ3n) is 7.16. The molecule has 0 saturated heterocycles. The normalized spacial score (nSPS) is 12.0. The number of aldehydes is 1. The minimum absolute atomic E-state index is 0.354. The molecule has 5 heteroatoms. The number of nitrogens with one attached hydrogen (secondary N) is 2. The fourth-order valence-electron chi connectivity index (χ4n) is 5.35. The first-order valence-electron chi connectivity index (χ1n) is 13.1. The first kappa shape index (κ1) is 23.6. The minimum atomic E-state index is 0.354. The van der Waals surface area contributed by atoms with E-state index in [1.54, 1.807) is 0 Å². The molecule has 2 aromatic carbocycles. The number of nitrogens with zero attached hydrogens (tertiary/aromatic N) is 2. The number of allylic oxidation sites excluding steroid dienone is 1. The van der Waals surface area contributed by atoms with Gasteiger partial charge in [-0.15, -0.1) is 0 Å². The maximum Gasteiger partial charge on any atom is 0.150 e. The molecule has 2 N–H and O–H groups in total. The zero-order valence-corrected chi connectivity index (χ0v) is 21.6. The van der Waals surface area contributed by atoms with Crippen LogP contribution in [0.5, 0.6) is 0 Å². The van der Waals surface area contributed by atoms with Crippen molar-refractivity contribution in [1.29, 1.82) is 0 Å². The van der Waals surface area contributed by atoms with E-state index in [1.807, 2.05) is 78.9 Å². The molecule has 3 aromatic heterocycles. The Morgan fingerprint density at radius 3 is 1.90 bits per heavy atom. The molecule has 0 spiro atoms. The number of H-pyrrole nitrogens is 2. The van der Waals surface area contributed by atoms with Gasteiger partial charge in [-0.25, -0.2) is 9.97 Å². The van der Waals surface area contributed by atoms with Crippen LogP contribution in [0.3, 0.4) is 0 Å². The summed E-state index contributed by atoms with van der Waals surface area (Å²) in [6, 6.07) is 30.5. The van der Waals surface area contributed by atoms with Gasteiger partial charge < -0.3 is 9.97 Å². The largest absolute Gasteiger partial charge is 0.355 e.